The summed E-state index contributed by atoms with van der Waals surface area (Å²) in [6.07, 6.45) is 5.51. The maximum Gasteiger partial charge on any atom is 1.00 e. The quantitative estimate of drug-likeness (QED) is 0.354. The van der Waals surface area contributed by atoms with Gasteiger partial charge in [-0.2, -0.15) is 0 Å². The van der Waals surface area contributed by atoms with Gasteiger partial charge in [0.15, 0.2) is 0 Å². The van der Waals surface area contributed by atoms with Crippen molar-refractivity contribution in [3.8, 4) is 0 Å². The summed E-state index contributed by atoms with van der Waals surface area (Å²) in [4.78, 5) is 0. The molecule has 0 saturated heterocycles. The van der Waals surface area contributed by atoms with Crippen molar-refractivity contribution in [2.24, 2.45) is 17.8 Å². The Morgan fingerprint density at radius 3 is 2.50 bits per heavy atom. The van der Waals surface area contributed by atoms with E-state index in [2.05, 4.69) is 20.8 Å². The van der Waals surface area contributed by atoms with Crippen molar-refractivity contribution in [3.63, 3.8) is 0 Å². The molecular weight excluding hydrogens is 167 g/mol. The molecule has 1 aliphatic carbocycles. The van der Waals surface area contributed by atoms with Gasteiger partial charge in [-0.25, -0.2) is 0 Å². The predicted octanol–water partition coefficient (Wildman–Crippen LogP) is 0.414. The molecule has 0 aromatic rings. The molecule has 0 aromatic carbocycles. The Morgan fingerprint density at radius 2 is 2.00 bits per heavy atom. The van der Waals surface area contributed by atoms with Crippen LogP contribution >= 0.6 is 0 Å². The summed E-state index contributed by atoms with van der Waals surface area (Å²) in [6, 6.07) is 0. The van der Waals surface area contributed by atoms with Crippen LogP contribution in [0, 0.1) is 24.3 Å². The van der Waals surface area contributed by atoms with E-state index >= 15 is 0 Å². The van der Waals surface area contributed by atoms with Crippen molar-refractivity contribution in [3.05, 3.63) is 12.8 Å². The van der Waals surface area contributed by atoms with E-state index in [1.54, 1.807) is 0 Å². The average molecular weight is 188 g/mol. The maximum atomic E-state index is 5.43. The molecule has 0 aromatic heterocycles. The van der Waals surface area contributed by atoms with Crippen LogP contribution in [0.4, 0.5) is 0 Å². The van der Waals surface area contributed by atoms with E-state index in [9.17, 15) is 0 Å². The van der Waals surface area contributed by atoms with Gasteiger partial charge in [-0.15, -0.1) is 6.26 Å². The largest absolute Gasteiger partial charge is 1.00 e. The minimum Gasteiger partial charge on any atom is -0.535 e. The molecule has 0 N–H and O–H groups in total. The minimum atomic E-state index is 0. The first kappa shape index (κ1) is 14.1. The van der Waals surface area contributed by atoms with Crippen LogP contribution in [0.25, 0.3) is 0 Å². The number of rotatable bonds is 3. The van der Waals surface area contributed by atoms with Crippen LogP contribution in [0.5, 0.6) is 0 Å². The number of ether oxygens (including phenoxy) is 1. The van der Waals surface area contributed by atoms with Crippen molar-refractivity contribution in [1.29, 1.82) is 0 Å². The van der Waals surface area contributed by atoms with Crippen molar-refractivity contribution < 1.29 is 23.6 Å². The zero-order chi connectivity index (χ0) is 9.84. The molecule has 2 heteroatoms. The van der Waals surface area contributed by atoms with E-state index in [0.29, 0.717) is 12.0 Å². The second-order valence-corrected chi connectivity index (χ2v) is 4.61. The summed E-state index contributed by atoms with van der Waals surface area (Å²) in [7, 11) is 0. The molecule has 1 saturated carbocycles. The van der Waals surface area contributed by atoms with Crippen LogP contribution in [-0.4, -0.2) is 6.10 Å². The van der Waals surface area contributed by atoms with E-state index in [4.69, 9.17) is 11.3 Å². The van der Waals surface area contributed by atoms with Crippen LogP contribution < -0.4 is 18.9 Å². The van der Waals surface area contributed by atoms with E-state index in [0.717, 1.165) is 11.8 Å². The third-order valence-corrected chi connectivity index (χ3v) is 3.36. The van der Waals surface area contributed by atoms with Gasteiger partial charge in [-0.3, -0.25) is 0 Å². The van der Waals surface area contributed by atoms with E-state index in [1.807, 2.05) is 0 Å². The van der Waals surface area contributed by atoms with E-state index < -0.39 is 0 Å². The predicted molar refractivity (Wildman–Crippen MR) is 55.1 cm³/mol. The Hall–Kier alpha value is 0.137. The van der Waals surface area contributed by atoms with Crippen LogP contribution in [0.15, 0.2) is 6.26 Å². The van der Waals surface area contributed by atoms with Gasteiger partial charge in [0.2, 0.25) is 0 Å². The normalized spacial score (nSPS) is 32.1. The van der Waals surface area contributed by atoms with Gasteiger partial charge in [0.1, 0.15) is 0 Å². The monoisotopic (exact) mass is 188 g/mol. The zero-order valence-electron chi connectivity index (χ0n) is 9.99. The molecule has 1 nitrogen and oxygen atoms in total. The van der Waals surface area contributed by atoms with Crippen LogP contribution in [0.1, 0.15) is 40.0 Å². The second kappa shape index (κ2) is 6.59. The molecule has 0 bridgehead atoms. The Balaban J connectivity index is 0.00000169. The standard InChI is InChI=1S/C12H21O.Li/c1-5-13-12-8-11(9(2)3)7-6-10(12)4;/h1,5,9-12H,6-8H2,2-4H3;/q-1;+1/t10-,11-,12+;/m1./s1. The molecule has 1 fully saturated rings. The van der Waals surface area contributed by atoms with Gasteiger partial charge >= 0.3 is 18.9 Å². The molecule has 14 heavy (non-hydrogen) atoms. The first-order chi connectivity index (χ1) is 6.15. The summed E-state index contributed by atoms with van der Waals surface area (Å²) in [6.45, 7) is 12.1. The van der Waals surface area contributed by atoms with Crippen LogP contribution in [0.2, 0.25) is 0 Å². The molecule has 0 aliphatic heterocycles. The Morgan fingerprint density at radius 1 is 1.36 bits per heavy atom. The van der Waals surface area contributed by atoms with E-state index in [-0.39, 0.29) is 18.9 Å². The summed E-state index contributed by atoms with van der Waals surface area (Å²) < 4.78 is 5.43. The molecule has 3 atom stereocenters. The summed E-state index contributed by atoms with van der Waals surface area (Å²) in [5.74, 6) is 2.26. The maximum absolute atomic E-state index is 5.43. The smallest absolute Gasteiger partial charge is 0.535 e. The molecular formula is C12H21LiO. The first-order valence-corrected chi connectivity index (χ1v) is 5.34. The molecule has 1 aliphatic rings. The van der Waals surface area contributed by atoms with Gasteiger partial charge in [0, 0.05) is 0 Å². The van der Waals surface area contributed by atoms with Gasteiger partial charge in [0.05, 0.1) is 6.10 Å². The fourth-order valence-corrected chi connectivity index (χ4v) is 2.21. The Labute approximate surface area is 100 Å². The van der Waals surface area contributed by atoms with Crippen molar-refractivity contribution in [2.45, 2.75) is 46.1 Å². The van der Waals surface area contributed by atoms with Gasteiger partial charge in [-0.05, 0) is 37.0 Å². The SMILES string of the molecule is [CH-]=CO[C@H]1C[C@H](C(C)C)CC[C@H]1C.[Li+]. The summed E-state index contributed by atoms with van der Waals surface area (Å²) >= 11 is 0. The third kappa shape index (κ3) is 3.71. The number of hydrogen-bond acceptors (Lipinski definition) is 1. The molecule has 76 valence electrons. The fourth-order valence-electron chi connectivity index (χ4n) is 2.21. The first-order valence-electron chi connectivity index (χ1n) is 5.34. The summed E-state index contributed by atoms with van der Waals surface area (Å²) in [5.41, 5.74) is 0. The van der Waals surface area contributed by atoms with Gasteiger partial charge < -0.3 is 11.3 Å². The Kier molecular flexibility index (Phi) is 6.65. The molecule has 0 heterocycles. The molecule has 0 unspecified atom stereocenters. The Bertz CT molecular complexity index is 168. The van der Waals surface area contributed by atoms with Crippen LogP contribution in [0.3, 0.4) is 0 Å². The zero-order valence-corrected chi connectivity index (χ0v) is 9.99. The third-order valence-electron chi connectivity index (χ3n) is 3.36. The molecule has 1 rings (SSSR count). The van der Waals surface area contributed by atoms with E-state index in [1.165, 1.54) is 25.5 Å². The fraction of sp³-hybridized carbons (Fsp3) is 0.833. The van der Waals surface area contributed by atoms with Gasteiger partial charge in [0.25, 0.3) is 0 Å². The number of hydrogen-bond donors (Lipinski definition) is 0. The van der Waals surface area contributed by atoms with Crippen molar-refractivity contribution in [1.82, 2.24) is 0 Å². The van der Waals surface area contributed by atoms with Gasteiger partial charge in [-0.1, -0.05) is 20.8 Å². The minimum absolute atomic E-state index is 0. The van der Waals surface area contributed by atoms with Crippen molar-refractivity contribution >= 4 is 0 Å². The molecule has 0 spiro atoms. The van der Waals surface area contributed by atoms with Crippen LogP contribution in [-0.2, 0) is 4.74 Å². The van der Waals surface area contributed by atoms with Crippen molar-refractivity contribution in [2.75, 3.05) is 0 Å². The average Bonchev–Trinajstić information content (AvgIpc) is 2.08. The second-order valence-electron chi connectivity index (χ2n) is 4.61. The summed E-state index contributed by atoms with van der Waals surface area (Å²) in [5, 5.41) is 0. The topological polar surface area (TPSA) is 9.23 Å². The molecule has 0 radical (unpaired) electrons. The molecule has 0 amide bonds.